The van der Waals surface area contributed by atoms with Crippen LogP contribution < -0.4 is 20.1 Å². The number of nitrogens with one attached hydrogen (secondary N) is 2. The molecule has 2 aromatic heterocycles. The van der Waals surface area contributed by atoms with E-state index < -0.39 is 28.9 Å². The Labute approximate surface area is 223 Å². The number of anilines is 1. The molecule has 3 aromatic rings. The Morgan fingerprint density at radius 3 is 2.42 bits per heavy atom. The molecular weight excluding hydrogens is 524 g/mol. The van der Waals surface area contributed by atoms with Gasteiger partial charge in [-0.05, 0) is 33.3 Å². The van der Waals surface area contributed by atoms with Gasteiger partial charge in [0.15, 0.2) is 28.3 Å². The van der Waals surface area contributed by atoms with E-state index in [1.807, 2.05) is 0 Å². The standard InChI is InChI=1S/C25H28ClF2N5O5/c1-25(2,3)38-24(34)32-13-6-7-37-11-15(13)31-23-29-10-12-8-14(30-22(26)21(12)33-23)18-19(27)16(35-4)9-17(36-5)20(18)28/h8-10,13,15H,6-7,11H2,1-5H3,(H,32,34)(H,29,31,33)/t13-,15+/m0/s1. The highest BCUT2D eigenvalue weighted by Crippen LogP contribution is 2.38. The Morgan fingerprint density at radius 1 is 1.11 bits per heavy atom. The molecule has 13 heteroatoms. The molecule has 1 amide bonds. The molecule has 2 atom stereocenters. The molecule has 1 fully saturated rings. The SMILES string of the molecule is COc1cc(OC)c(F)c(-c2cc3cnc(N[C@@H]4COCC[C@@H]4NC(=O)OC(C)(C)C)nc3c(Cl)n2)c1F. The molecule has 4 rings (SSSR count). The number of aromatic nitrogens is 3. The number of hydrogen-bond donors (Lipinski definition) is 2. The minimum atomic E-state index is -0.950. The lowest BCUT2D eigenvalue weighted by Gasteiger charge is -2.33. The number of carbonyl (C=O) groups excluding carboxylic acids is 1. The van der Waals surface area contributed by atoms with E-state index in [2.05, 4.69) is 25.6 Å². The summed E-state index contributed by atoms with van der Waals surface area (Å²) in [5.41, 5.74) is -0.912. The fraction of sp³-hybridized carbons (Fsp3) is 0.440. The van der Waals surface area contributed by atoms with E-state index in [9.17, 15) is 4.79 Å². The molecule has 2 N–H and O–H groups in total. The summed E-state index contributed by atoms with van der Waals surface area (Å²) in [7, 11) is 2.52. The van der Waals surface area contributed by atoms with Crippen molar-refractivity contribution in [3.63, 3.8) is 0 Å². The number of benzene rings is 1. The number of carbonyl (C=O) groups is 1. The van der Waals surface area contributed by atoms with E-state index in [0.717, 1.165) is 6.07 Å². The quantitative estimate of drug-likeness (QED) is 0.419. The van der Waals surface area contributed by atoms with Crippen LogP contribution in [0.2, 0.25) is 5.15 Å². The van der Waals surface area contributed by atoms with Crippen molar-refractivity contribution in [2.45, 2.75) is 44.9 Å². The lowest BCUT2D eigenvalue weighted by Crippen LogP contribution is -2.53. The minimum absolute atomic E-state index is 0.0821. The van der Waals surface area contributed by atoms with E-state index in [0.29, 0.717) is 25.0 Å². The van der Waals surface area contributed by atoms with E-state index >= 15 is 8.78 Å². The van der Waals surface area contributed by atoms with Crippen LogP contribution in [-0.4, -0.2) is 66.2 Å². The maximum atomic E-state index is 15.0. The normalized spacial score (nSPS) is 17.7. The van der Waals surface area contributed by atoms with E-state index in [4.69, 9.17) is 30.5 Å². The molecule has 0 aliphatic carbocycles. The first kappa shape index (κ1) is 27.5. The van der Waals surface area contributed by atoms with Gasteiger partial charge in [-0.15, -0.1) is 0 Å². The first-order valence-electron chi connectivity index (χ1n) is 11.8. The summed E-state index contributed by atoms with van der Waals surface area (Å²) in [4.78, 5) is 25.2. The van der Waals surface area contributed by atoms with Crippen molar-refractivity contribution in [2.75, 3.05) is 32.8 Å². The van der Waals surface area contributed by atoms with Crippen molar-refractivity contribution >= 4 is 34.5 Å². The van der Waals surface area contributed by atoms with Gasteiger partial charge in [0.25, 0.3) is 0 Å². The summed E-state index contributed by atoms with van der Waals surface area (Å²) in [6, 6.07) is 1.87. The molecule has 204 valence electrons. The molecule has 38 heavy (non-hydrogen) atoms. The second-order valence-corrected chi connectivity index (χ2v) is 9.94. The summed E-state index contributed by atoms with van der Waals surface area (Å²) in [5, 5.41) is 6.32. The summed E-state index contributed by atoms with van der Waals surface area (Å²) in [6.07, 6.45) is 1.47. The number of nitrogens with zero attached hydrogens (tertiary/aromatic N) is 3. The van der Waals surface area contributed by atoms with Crippen LogP contribution in [0.25, 0.3) is 22.2 Å². The van der Waals surface area contributed by atoms with Crippen molar-refractivity contribution in [1.29, 1.82) is 0 Å². The zero-order valence-corrected chi connectivity index (χ0v) is 22.3. The molecule has 1 aliphatic rings. The molecule has 1 saturated heterocycles. The van der Waals surface area contributed by atoms with Crippen LogP contribution in [-0.2, 0) is 9.47 Å². The first-order valence-corrected chi connectivity index (χ1v) is 12.2. The van der Waals surface area contributed by atoms with Crippen LogP contribution in [0.3, 0.4) is 0 Å². The fourth-order valence-corrected chi connectivity index (χ4v) is 4.23. The van der Waals surface area contributed by atoms with Gasteiger partial charge in [-0.25, -0.2) is 28.5 Å². The van der Waals surface area contributed by atoms with Crippen molar-refractivity contribution in [3.8, 4) is 22.8 Å². The molecule has 1 aliphatic heterocycles. The maximum absolute atomic E-state index is 15.0. The maximum Gasteiger partial charge on any atom is 0.407 e. The minimum Gasteiger partial charge on any atom is -0.494 e. The number of ether oxygens (including phenoxy) is 4. The number of hydrogen-bond acceptors (Lipinski definition) is 9. The van der Waals surface area contributed by atoms with Crippen molar-refractivity contribution < 1.29 is 32.5 Å². The Bertz CT molecular complexity index is 1330. The third-order valence-electron chi connectivity index (χ3n) is 5.73. The summed E-state index contributed by atoms with van der Waals surface area (Å²) in [6.45, 7) is 6.12. The van der Waals surface area contributed by atoms with Crippen molar-refractivity contribution in [1.82, 2.24) is 20.3 Å². The van der Waals surface area contributed by atoms with E-state index in [1.165, 1.54) is 26.5 Å². The Hall–Kier alpha value is -3.51. The van der Waals surface area contributed by atoms with E-state index in [-0.39, 0.29) is 45.9 Å². The van der Waals surface area contributed by atoms with Crippen LogP contribution in [0.5, 0.6) is 11.5 Å². The molecule has 0 unspecified atom stereocenters. The molecule has 10 nitrogen and oxygen atoms in total. The topological polar surface area (TPSA) is 117 Å². The van der Waals surface area contributed by atoms with Crippen LogP contribution in [0.15, 0.2) is 18.3 Å². The Morgan fingerprint density at radius 2 is 1.79 bits per heavy atom. The van der Waals surface area contributed by atoms with E-state index in [1.54, 1.807) is 20.8 Å². The average Bonchev–Trinajstić information content (AvgIpc) is 2.85. The fourth-order valence-electron chi connectivity index (χ4n) is 3.99. The summed E-state index contributed by atoms with van der Waals surface area (Å²) in [5.74, 6) is -2.11. The predicted octanol–water partition coefficient (Wildman–Crippen LogP) is 4.73. The monoisotopic (exact) mass is 551 g/mol. The molecule has 1 aromatic carbocycles. The van der Waals surface area contributed by atoms with Crippen LogP contribution >= 0.6 is 11.6 Å². The number of fused-ring (bicyclic) bond motifs is 1. The third kappa shape index (κ3) is 5.97. The van der Waals surface area contributed by atoms with Gasteiger partial charge < -0.3 is 29.6 Å². The molecule has 0 spiro atoms. The third-order valence-corrected chi connectivity index (χ3v) is 5.99. The molecule has 0 bridgehead atoms. The van der Waals surface area contributed by atoms with Gasteiger partial charge in [0.1, 0.15) is 11.1 Å². The highest BCUT2D eigenvalue weighted by atomic mass is 35.5. The van der Waals surface area contributed by atoms with Gasteiger partial charge in [-0.3, -0.25) is 0 Å². The van der Waals surface area contributed by atoms with Crippen LogP contribution in [0, 0.1) is 11.6 Å². The second-order valence-electron chi connectivity index (χ2n) is 9.58. The average molecular weight is 552 g/mol. The largest absolute Gasteiger partial charge is 0.494 e. The summed E-state index contributed by atoms with van der Waals surface area (Å²) >= 11 is 6.40. The number of halogens is 3. The molecular formula is C25H28ClF2N5O5. The lowest BCUT2D eigenvalue weighted by atomic mass is 10.0. The van der Waals surface area contributed by atoms with Crippen LogP contribution in [0.1, 0.15) is 27.2 Å². The van der Waals surface area contributed by atoms with Gasteiger partial charge >= 0.3 is 6.09 Å². The molecule has 0 saturated carbocycles. The first-order chi connectivity index (χ1) is 18.0. The highest BCUT2D eigenvalue weighted by molar-refractivity contribution is 6.34. The lowest BCUT2D eigenvalue weighted by molar-refractivity contribution is 0.0364. The Kier molecular flexibility index (Phi) is 8.02. The smallest absolute Gasteiger partial charge is 0.407 e. The second kappa shape index (κ2) is 11.1. The predicted molar refractivity (Wildman–Crippen MR) is 137 cm³/mol. The van der Waals surface area contributed by atoms with Gasteiger partial charge in [-0.1, -0.05) is 11.6 Å². The van der Waals surface area contributed by atoms with Crippen molar-refractivity contribution in [2.24, 2.45) is 0 Å². The van der Waals surface area contributed by atoms with Gasteiger partial charge in [0.2, 0.25) is 5.95 Å². The van der Waals surface area contributed by atoms with Crippen LogP contribution in [0.4, 0.5) is 19.5 Å². The van der Waals surface area contributed by atoms with Gasteiger partial charge in [0.05, 0.1) is 44.2 Å². The number of methoxy groups -OCH3 is 2. The molecule has 3 heterocycles. The van der Waals surface area contributed by atoms with Gasteiger partial charge in [-0.2, -0.15) is 0 Å². The number of alkyl carbamates (subject to hydrolysis) is 1. The summed E-state index contributed by atoms with van der Waals surface area (Å²) < 4.78 is 51.0. The van der Waals surface area contributed by atoms with Gasteiger partial charge in [0, 0.05) is 24.3 Å². The van der Waals surface area contributed by atoms with Crippen molar-refractivity contribution in [3.05, 3.63) is 35.1 Å². The number of rotatable bonds is 6. The highest BCUT2D eigenvalue weighted by Gasteiger charge is 2.30. The Balaban J connectivity index is 1.62. The zero-order chi connectivity index (χ0) is 27.6. The number of amides is 1. The number of pyridine rings is 1. The molecule has 0 radical (unpaired) electrons. The zero-order valence-electron chi connectivity index (χ0n) is 21.5.